The molecule has 0 atom stereocenters. The van der Waals surface area contributed by atoms with Crippen molar-refractivity contribution in [3.63, 3.8) is 0 Å². The Labute approximate surface area is 134 Å². The number of benzene rings is 2. The highest BCUT2D eigenvalue weighted by atomic mass is 16.5. The molecule has 0 heterocycles. The van der Waals surface area contributed by atoms with Crippen LogP contribution in [0.1, 0.15) is 22.8 Å². The second-order valence-corrected chi connectivity index (χ2v) is 4.84. The lowest BCUT2D eigenvalue weighted by atomic mass is 10.2. The van der Waals surface area contributed by atoms with Crippen LogP contribution in [0.3, 0.4) is 0 Å². The van der Waals surface area contributed by atoms with E-state index in [1.54, 1.807) is 24.3 Å². The molecule has 3 amide bonds. The van der Waals surface area contributed by atoms with E-state index in [-0.39, 0.29) is 0 Å². The minimum absolute atomic E-state index is 0.313. The number of carbonyl (C=O) groups is 2. The van der Waals surface area contributed by atoms with Crippen LogP contribution in [0.25, 0.3) is 0 Å². The molecule has 0 aliphatic rings. The Morgan fingerprint density at radius 2 is 1.70 bits per heavy atom. The summed E-state index contributed by atoms with van der Waals surface area (Å²) in [6.45, 7) is 2.83. The molecular formula is C17H19N3O3. The zero-order valence-electron chi connectivity index (χ0n) is 12.8. The summed E-state index contributed by atoms with van der Waals surface area (Å²) in [7, 11) is 0. The third kappa shape index (κ3) is 5.03. The molecule has 2 aromatic rings. The van der Waals surface area contributed by atoms with E-state index in [4.69, 9.17) is 10.5 Å². The summed E-state index contributed by atoms with van der Waals surface area (Å²) < 4.78 is 5.34. The van der Waals surface area contributed by atoms with Gasteiger partial charge in [-0.1, -0.05) is 12.1 Å². The first-order chi connectivity index (χ1) is 11.1. The maximum absolute atomic E-state index is 11.9. The third-order valence-electron chi connectivity index (χ3n) is 3.09. The van der Waals surface area contributed by atoms with E-state index in [2.05, 4.69) is 10.6 Å². The standard InChI is InChI=1S/C17H19N3O3/c1-2-23-15-9-3-12(4-10-15)11-19-17(22)20-16(21)13-5-7-14(18)8-6-13/h3-10H,2,11,18H2,1H3,(H2,19,20,21,22). The molecule has 6 heteroatoms. The van der Waals surface area contributed by atoms with E-state index in [0.717, 1.165) is 11.3 Å². The van der Waals surface area contributed by atoms with Crippen molar-refractivity contribution in [2.45, 2.75) is 13.5 Å². The number of urea groups is 1. The van der Waals surface area contributed by atoms with E-state index >= 15 is 0 Å². The first-order valence-electron chi connectivity index (χ1n) is 7.25. The van der Waals surface area contributed by atoms with Gasteiger partial charge in [-0.2, -0.15) is 0 Å². The summed E-state index contributed by atoms with van der Waals surface area (Å²) in [5, 5.41) is 4.89. The van der Waals surface area contributed by atoms with Gasteiger partial charge in [-0.3, -0.25) is 10.1 Å². The average molecular weight is 313 g/mol. The van der Waals surface area contributed by atoms with E-state index < -0.39 is 11.9 Å². The molecule has 0 saturated carbocycles. The Morgan fingerprint density at radius 1 is 1.04 bits per heavy atom. The Morgan fingerprint density at radius 3 is 2.30 bits per heavy atom. The number of anilines is 1. The quantitative estimate of drug-likeness (QED) is 0.738. The van der Waals surface area contributed by atoms with Gasteiger partial charge in [0.2, 0.25) is 0 Å². The van der Waals surface area contributed by atoms with Crippen molar-refractivity contribution in [2.75, 3.05) is 12.3 Å². The fraction of sp³-hybridized carbons (Fsp3) is 0.176. The van der Waals surface area contributed by atoms with Gasteiger partial charge in [0.1, 0.15) is 5.75 Å². The van der Waals surface area contributed by atoms with Gasteiger partial charge in [-0.15, -0.1) is 0 Å². The van der Waals surface area contributed by atoms with Gasteiger partial charge in [-0.05, 0) is 48.9 Å². The van der Waals surface area contributed by atoms with Gasteiger partial charge >= 0.3 is 6.03 Å². The number of hydrogen-bond acceptors (Lipinski definition) is 4. The van der Waals surface area contributed by atoms with Gasteiger partial charge in [-0.25, -0.2) is 4.79 Å². The lowest BCUT2D eigenvalue weighted by molar-refractivity contribution is 0.0964. The molecule has 0 unspecified atom stereocenters. The first-order valence-corrected chi connectivity index (χ1v) is 7.25. The number of hydrogen-bond donors (Lipinski definition) is 3. The zero-order chi connectivity index (χ0) is 16.7. The van der Waals surface area contributed by atoms with Gasteiger partial charge in [0.05, 0.1) is 6.61 Å². The number of carbonyl (C=O) groups excluding carboxylic acids is 2. The average Bonchev–Trinajstić information content (AvgIpc) is 2.55. The van der Waals surface area contributed by atoms with Crippen molar-refractivity contribution >= 4 is 17.6 Å². The third-order valence-corrected chi connectivity index (χ3v) is 3.09. The second kappa shape index (κ2) is 7.84. The Bertz CT molecular complexity index is 666. The van der Waals surface area contributed by atoms with Crippen molar-refractivity contribution in [1.29, 1.82) is 0 Å². The molecule has 0 aliphatic carbocycles. The molecule has 0 spiro atoms. The molecule has 6 nitrogen and oxygen atoms in total. The minimum atomic E-state index is -0.555. The van der Waals surface area contributed by atoms with Gasteiger partial charge in [0.25, 0.3) is 5.91 Å². The molecule has 0 radical (unpaired) electrons. The predicted molar refractivity (Wildman–Crippen MR) is 88.2 cm³/mol. The Hall–Kier alpha value is -3.02. The van der Waals surface area contributed by atoms with Crippen LogP contribution >= 0.6 is 0 Å². The molecular weight excluding hydrogens is 294 g/mol. The largest absolute Gasteiger partial charge is 0.494 e. The van der Waals surface area contributed by atoms with Crippen molar-refractivity contribution in [3.05, 3.63) is 59.7 Å². The lowest BCUT2D eigenvalue weighted by Gasteiger charge is -2.08. The number of ether oxygens (including phenoxy) is 1. The van der Waals surface area contributed by atoms with E-state index in [0.29, 0.717) is 24.4 Å². The number of rotatable bonds is 5. The fourth-order valence-corrected chi connectivity index (χ4v) is 1.91. The highest BCUT2D eigenvalue weighted by Crippen LogP contribution is 2.11. The molecule has 0 bridgehead atoms. The Balaban J connectivity index is 1.82. The topological polar surface area (TPSA) is 93.5 Å². The molecule has 0 saturated heterocycles. The maximum atomic E-state index is 11.9. The highest BCUT2D eigenvalue weighted by Gasteiger charge is 2.09. The summed E-state index contributed by atoms with van der Waals surface area (Å²) in [5.41, 5.74) is 7.38. The van der Waals surface area contributed by atoms with E-state index in [1.807, 2.05) is 31.2 Å². The summed E-state index contributed by atoms with van der Waals surface area (Å²) in [4.78, 5) is 23.6. The van der Waals surface area contributed by atoms with E-state index in [9.17, 15) is 9.59 Å². The van der Waals surface area contributed by atoms with Crippen LogP contribution in [0.15, 0.2) is 48.5 Å². The number of nitrogens with one attached hydrogen (secondary N) is 2. The van der Waals surface area contributed by atoms with Gasteiger partial charge < -0.3 is 15.8 Å². The molecule has 23 heavy (non-hydrogen) atoms. The zero-order valence-corrected chi connectivity index (χ0v) is 12.8. The van der Waals surface area contributed by atoms with Crippen LogP contribution in [0.5, 0.6) is 5.75 Å². The molecule has 0 aliphatic heterocycles. The Kier molecular flexibility index (Phi) is 5.57. The first kappa shape index (κ1) is 16.4. The number of nitrogen functional groups attached to an aromatic ring is 1. The van der Waals surface area contributed by atoms with Crippen LogP contribution in [0.4, 0.5) is 10.5 Å². The SMILES string of the molecule is CCOc1ccc(CNC(=O)NC(=O)c2ccc(N)cc2)cc1. The van der Waals surface area contributed by atoms with Crippen LogP contribution in [-0.4, -0.2) is 18.5 Å². The number of nitrogens with two attached hydrogens (primary N) is 1. The van der Waals surface area contributed by atoms with Crippen molar-refractivity contribution in [3.8, 4) is 5.75 Å². The number of amides is 3. The van der Waals surface area contributed by atoms with Crippen LogP contribution in [-0.2, 0) is 6.54 Å². The molecule has 0 aromatic heterocycles. The molecule has 0 fully saturated rings. The van der Waals surface area contributed by atoms with Crippen LogP contribution in [0.2, 0.25) is 0 Å². The normalized spacial score (nSPS) is 9.96. The molecule has 2 aromatic carbocycles. The van der Waals surface area contributed by atoms with Crippen molar-refractivity contribution < 1.29 is 14.3 Å². The molecule has 4 N–H and O–H groups in total. The van der Waals surface area contributed by atoms with Crippen LogP contribution < -0.4 is 21.1 Å². The minimum Gasteiger partial charge on any atom is -0.494 e. The summed E-state index contributed by atoms with van der Waals surface area (Å²) in [5.74, 6) is 0.299. The summed E-state index contributed by atoms with van der Waals surface area (Å²) >= 11 is 0. The van der Waals surface area contributed by atoms with Crippen molar-refractivity contribution in [1.82, 2.24) is 10.6 Å². The second-order valence-electron chi connectivity index (χ2n) is 4.84. The predicted octanol–water partition coefficient (Wildman–Crippen LogP) is 2.31. The summed E-state index contributed by atoms with van der Waals surface area (Å²) in [6.07, 6.45) is 0. The van der Waals surface area contributed by atoms with Gasteiger partial charge in [0, 0.05) is 17.8 Å². The van der Waals surface area contributed by atoms with Crippen molar-refractivity contribution in [2.24, 2.45) is 0 Å². The molecule has 120 valence electrons. The summed E-state index contributed by atoms with van der Waals surface area (Å²) in [6, 6.07) is 13.1. The lowest BCUT2D eigenvalue weighted by Crippen LogP contribution is -2.39. The smallest absolute Gasteiger partial charge is 0.321 e. The maximum Gasteiger partial charge on any atom is 0.321 e. The van der Waals surface area contributed by atoms with E-state index in [1.165, 1.54) is 0 Å². The molecule has 2 rings (SSSR count). The van der Waals surface area contributed by atoms with Gasteiger partial charge in [0.15, 0.2) is 0 Å². The monoisotopic (exact) mass is 313 g/mol. The fourth-order valence-electron chi connectivity index (χ4n) is 1.91. The highest BCUT2D eigenvalue weighted by molar-refractivity contribution is 6.04. The van der Waals surface area contributed by atoms with Crippen LogP contribution in [0, 0.1) is 0 Å². The number of imide groups is 1.